The summed E-state index contributed by atoms with van der Waals surface area (Å²) in [4.78, 5) is 0. The van der Waals surface area contributed by atoms with Gasteiger partial charge < -0.3 is 0 Å². The van der Waals surface area contributed by atoms with Crippen molar-refractivity contribution in [2.75, 3.05) is 6.54 Å². The number of alkyl halides is 1. The van der Waals surface area contributed by atoms with Crippen molar-refractivity contribution in [3.63, 3.8) is 0 Å². The second-order valence-corrected chi connectivity index (χ2v) is 1.92. The number of nitrogens with one attached hydrogen (secondary N) is 1. The van der Waals surface area contributed by atoms with E-state index in [4.69, 9.17) is 5.26 Å². The van der Waals surface area contributed by atoms with Crippen LogP contribution >= 0.6 is 12.4 Å². The van der Waals surface area contributed by atoms with Crippen LogP contribution in [-0.4, -0.2) is 18.8 Å². The number of nitrogens with zero attached hydrogens (tertiary/aromatic N) is 1. The first-order valence-electron chi connectivity index (χ1n) is 2.60. The fourth-order valence-corrected chi connectivity index (χ4v) is 0.791. The molecule has 4 heteroatoms. The number of hydrogen-bond donors (Lipinski definition) is 1. The molecule has 0 aromatic carbocycles. The SMILES string of the molecule is Cl.N#C[C@@H]1C[C@H](F)CN1. The molecule has 0 saturated carbocycles. The predicted octanol–water partition coefficient (Wildman–Crippen LogP) is 0.632. The van der Waals surface area contributed by atoms with E-state index in [1.165, 1.54) is 0 Å². The fraction of sp³-hybridized carbons (Fsp3) is 0.800. The molecular weight excluding hydrogens is 143 g/mol. The van der Waals surface area contributed by atoms with Crippen LogP contribution in [0, 0.1) is 11.3 Å². The van der Waals surface area contributed by atoms with Crippen molar-refractivity contribution in [2.45, 2.75) is 18.6 Å². The third-order valence-corrected chi connectivity index (χ3v) is 1.23. The Morgan fingerprint density at radius 2 is 2.33 bits per heavy atom. The summed E-state index contributed by atoms with van der Waals surface area (Å²) in [6.45, 7) is 0.345. The monoisotopic (exact) mass is 150 g/mol. The molecule has 0 spiro atoms. The molecular formula is C5H8ClFN2. The first-order chi connectivity index (χ1) is 3.83. The van der Waals surface area contributed by atoms with E-state index in [2.05, 4.69) is 5.32 Å². The van der Waals surface area contributed by atoms with Gasteiger partial charge in [-0.1, -0.05) is 0 Å². The molecule has 1 saturated heterocycles. The molecule has 0 unspecified atom stereocenters. The van der Waals surface area contributed by atoms with Crippen LogP contribution in [0.3, 0.4) is 0 Å². The summed E-state index contributed by atoms with van der Waals surface area (Å²) in [5.41, 5.74) is 0. The highest BCUT2D eigenvalue weighted by Crippen LogP contribution is 2.07. The van der Waals surface area contributed by atoms with E-state index in [1.54, 1.807) is 0 Å². The average molecular weight is 151 g/mol. The van der Waals surface area contributed by atoms with Crippen molar-refractivity contribution >= 4 is 12.4 Å². The summed E-state index contributed by atoms with van der Waals surface area (Å²) in [7, 11) is 0. The quantitative estimate of drug-likeness (QED) is 0.550. The van der Waals surface area contributed by atoms with Gasteiger partial charge in [0.2, 0.25) is 0 Å². The maximum atomic E-state index is 12.1. The topological polar surface area (TPSA) is 35.8 Å². The first-order valence-corrected chi connectivity index (χ1v) is 2.60. The minimum absolute atomic E-state index is 0. The maximum absolute atomic E-state index is 12.1. The van der Waals surface area contributed by atoms with Crippen molar-refractivity contribution in [3.05, 3.63) is 0 Å². The summed E-state index contributed by atoms with van der Waals surface area (Å²) in [5.74, 6) is 0. The zero-order valence-electron chi connectivity index (χ0n) is 4.80. The van der Waals surface area contributed by atoms with Gasteiger partial charge in [-0.15, -0.1) is 12.4 Å². The average Bonchev–Trinajstić information content (AvgIpc) is 2.14. The van der Waals surface area contributed by atoms with E-state index in [9.17, 15) is 4.39 Å². The maximum Gasteiger partial charge on any atom is 0.115 e. The van der Waals surface area contributed by atoms with E-state index in [-0.39, 0.29) is 18.4 Å². The molecule has 0 aromatic heterocycles. The zero-order chi connectivity index (χ0) is 5.98. The first kappa shape index (κ1) is 8.67. The Kier molecular flexibility index (Phi) is 3.52. The molecule has 0 bridgehead atoms. The van der Waals surface area contributed by atoms with Crippen LogP contribution in [0.2, 0.25) is 0 Å². The highest BCUT2D eigenvalue weighted by Gasteiger charge is 2.22. The molecule has 0 aromatic rings. The molecule has 1 aliphatic heterocycles. The van der Waals surface area contributed by atoms with Gasteiger partial charge in [0.05, 0.1) is 12.1 Å². The van der Waals surface area contributed by atoms with E-state index >= 15 is 0 Å². The molecule has 9 heavy (non-hydrogen) atoms. The lowest BCUT2D eigenvalue weighted by molar-refractivity contribution is 0.359. The minimum Gasteiger partial charge on any atom is -0.299 e. The highest BCUT2D eigenvalue weighted by molar-refractivity contribution is 5.85. The Balaban J connectivity index is 0.000000640. The molecule has 52 valence electrons. The molecule has 1 heterocycles. The molecule has 1 aliphatic rings. The number of rotatable bonds is 0. The third kappa shape index (κ3) is 2.17. The van der Waals surface area contributed by atoms with E-state index < -0.39 is 6.17 Å². The number of nitriles is 1. The number of hydrogen-bond acceptors (Lipinski definition) is 2. The lowest BCUT2D eigenvalue weighted by Gasteiger charge is -1.91. The van der Waals surface area contributed by atoms with Crippen molar-refractivity contribution in [3.8, 4) is 6.07 Å². The van der Waals surface area contributed by atoms with Gasteiger partial charge >= 0.3 is 0 Å². The Morgan fingerprint density at radius 3 is 2.56 bits per heavy atom. The van der Waals surface area contributed by atoms with E-state index in [0.717, 1.165) is 0 Å². The lowest BCUT2D eigenvalue weighted by Crippen LogP contribution is -2.18. The summed E-state index contributed by atoms with van der Waals surface area (Å²) >= 11 is 0. The Hall–Kier alpha value is -0.330. The van der Waals surface area contributed by atoms with E-state index in [0.29, 0.717) is 13.0 Å². The van der Waals surface area contributed by atoms with E-state index in [1.807, 2.05) is 6.07 Å². The van der Waals surface area contributed by atoms with Gasteiger partial charge in [-0.05, 0) is 0 Å². The standard InChI is InChI=1S/C5H7FN2.ClH/c6-4-1-5(2-7)8-3-4;/h4-5,8H,1,3H2;1H/t4-,5-;/m0./s1. The van der Waals surface area contributed by atoms with Gasteiger partial charge in [-0.2, -0.15) is 5.26 Å². The van der Waals surface area contributed by atoms with Crippen LogP contribution in [0.15, 0.2) is 0 Å². The normalized spacial score (nSPS) is 32.9. The molecule has 2 atom stereocenters. The third-order valence-electron chi connectivity index (χ3n) is 1.23. The minimum atomic E-state index is -0.806. The molecule has 0 radical (unpaired) electrons. The van der Waals surface area contributed by atoms with Crippen LogP contribution in [0.25, 0.3) is 0 Å². The molecule has 1 N–H and O–H groups in total. The van der Waals surface area contributed by atoms with Crippen molar-refractivity contribution in [2.24, 2.45) is 0 Å². The van der Waals surface area contributed by atoms with Gasteiger partial charge in [0.15, 0.2) is 0 Å². The van der Waals surface area contributed by atoms with Crippen molar-refractivity contribution < 1.29 is 4.39 Å². The summed E-state index contributed by atoms with van der Waals surface area (Å²) < 4.78 is 12.1. The smallest absolute Gasteiger partial charge is 0.115 e. The molecule has 0 aliphatic carbocycles. The highest BCUT2D eigenvalue weighted by atomic mass is 35.5. The van der Waals surface area contributed by atoms with Crippen LogP contribution in [0.4, 0.5) is 4.39 Å². The fourth-order valence-electron chi connectivity index (χ4n) is 0.791. The largest absolute Gasteiger partial charge is 0.299 e. The Labute approximate surface area is 59.5 Å². The van der Waals surface area contributed by atoms with Crippen LogP contribution in [0.5, 0.6) is 0 Å². The zero-order valence-corrected chi connectivity index (χ0v) is 5.62. The summed E-state index contributed by atoms with van der Waals surface area (Å²) in [5, 5.41) is 10.9. The van der Waals surface area contributed by atoms with Gasteiger partial charge in [0.1, 0.15) is 6.17 Å². The molecule has 1 rings (SSSR count). The van der Waals surface area contributed by atoms with Gasteiger partial charge in [0.25, 0.3) is 0 Å². The molecule has 2 nitrogen and oxygen atoms in total. The summed E-state index contributed by atoms with van der Waals surface area (Å²) in [6, 6.07) is 1.70. The van der Waals surface area contributed by atoms with Crippen molar-refractivity contribution in [1.29, 1.82) is 5.26 Å². The molecule has 0 amide bonds. The number of halogens is 2. The Morgan fingerprint density at radius 1 is 1.67 bits per heavy atom. The second-order valence-electron chi connectivity index (χ2n) is 1.92. The lowest BCUT2D eigenvalue weighted by atomic mass is 10.2. The van der Waals surface area contributed by atoms with Crippen LogP contribution < -0.4 is 5.32 Å². The second kappa shape index (κ2) is 3.65. The van der Waals surface area contributed by atoms with Crippen LogP contribution in [-0.2, 0) is 0 Å². The predicted molar refractivity (Wildman–Crippen MR) is 34.2 cm³/mol. The van der Waals surface area contributed by atoms with Gasteiger partial charge in [-0.25, -0.2) is 4.39 Å². The van der Waals surface area contributed by atoms with Crippen LogP contribution in [0.1, 0.15) is 6.42 Å². The van der Waals surface area contributed by atoms with Gasteiger partial charge in [0, 0.05) is 13.0 Å². The molecule has 1 fully saturated rings. The van der Waals surface area contributed by atoms with Crippen molar-refractivity contribution in [1.82, 2.24) is 5.32 Å². The summed E-state index contributed by atoms with van der Waals surface area (Å²) in [6.07, 6.45) is -0.448. The Bertz CT molecular complexity index is 123. The van der Waals surface area contributed by atoms with Gasteiger partial charge in [-0.3, -0.25) is 5.32 Å².